The Labute approximate surface area is 103 Å². The van der Waals surface area contributed by atoms with E-state index < -0.39 is 0 Å². The fraction of sp³-hybridized carbons (Fsp3) is 0.714. The largest absolute Gasteiger partial charge is 0.310 e. The first-order valence-corrected chi connectivity index (χ1v) is 7.61. The lowest BCUT2D eigenvalue weighted by Crippen LogP contribution is -2.30. The number of thiophene rings is 1. The monoisotopic (exact) mass is 237 g/mol. The van der Waals surface area contributed by atoms with E-state index in [1.54, 1.807) is 0 Å². The summed E-state index contributed by atoms with van der Waals surface area (Å²) in [5.74, 6) is 0.870. The van der Waals surface area contributed by atoms with Crippen LogP contribution in [0, 0.1) is 5.92 Å². The average Bonchev–Trinajstić information content (AvgIpc) is 2.85. The molecular weight excluding hydrogens is 214 g/mol. The zero-order valence-electron chi connectivity index (χ0n) is 10.2. The van der Waals surface area contributed by atoms with Gasteiger partial charge in [0, 0.05) is 6.04 Å². The fourth-order valence-corrected chi connectivity index (χ4v) is 3.47. The molecule has 1 fully saturated rings. The lowest BCUT2D eigenvalue weighted by molar-refractivity contribution is 0.272. The van der Waals surface area contributed by atoms with Crippen LogP contribution in [0.15, 0.2) is 16.8 Å². The molecule has 1 aliphatic rings. The highest BCUT2D eigenvalue weighted by molar-refractivity contribution is 7.07. The van der Waals surface area contributed by atoms with E-state index in [4.69, 9.17) is 0 Å². The van der Waals surface area contributed by atoms with E-state index in [2.05, 4.69) is 29.1 Å². The molecule has 0 saturated heterocycles. The van der Waals surface area contributed by atoms with Crippen molar-refractivity contribution in [3.8, 4) is 0 Å². The Morgan fingerprint density at radius 2 is 2.19 bits per heavy atom. The molecule has 1 aromatic rings. The minimum Gasteiger partial charge on any atom is -0.310 e. The maximum absolute atomic E-state index is 3.75. The molecule has 1 atom stereocenters. The quantitative estimate of drug-likeness (QED) is 0.802. The smallest absolute Gasteiger partial charge is 0.0356 e. The summed E-state index contributed by atoms with van der Waals surface area (Å²) >= 11 is 1.83. The molecule has 16 heavy (non-hydrogen) atoms. The van der Waals surface area contributed by atoms with E-state index in [1.165, 1.54) is 44.1 Å². The highest BCUT2D eigenvalue weighted by atomic mass is 32.1. The molecular formula is C14H23NS. The van der Waals surface area contributed by atoms with Crippen molar-refractivity contribution in [3.63, 3.8) is 0 Å². The van der Waals surface area contributed by atoms with Crippen LogP contribution in [0.25, 0.3) is 0 Å². The fourth-order valence-electron chi connectivity index (χ4n) is 2.78. The van der Waals surface area contributed by atoms with Crippen molar-refractivity contribution in [2.24, 2.45) is 5.92 Å². The summed E-state index contributed by atoms with van der Waals surface area (Å²) in [7, 11) is 0. The van der Waals surface area contributed by atoms with E-state index in [0.29, 0.717) is 6.04 Å². The molecule has 0 aromatic carbocycles. The van der Waals surface area contributed by atoms with Crippen LogP contribution in [0.4, 0.5) is 0 Å². The second-order valence-electron chi connectivity index (χ2n) is 4.89. The Morgan fingerprint density at radius 1 is 1.38 bits per heavy atom. The SMILES string of the molecule is CCCNC(c1ccsc1)C1CCCCC1. The van der Waals surface area contributed by atoms with Gasteiger partial charge in [-0.15, -0.1) is 0 Å². The second-order valence-corrected chi connectivity index (χ2v) is 5.67. The molecule has 90 valence electrons. The van der Waals surface area contributed by atoms with E-state index in [9.17, 15) is 0 Å². The zero-order chi connectivity index (χ0) is 11.2. The third-order valence-corrected chi connectivity index (χ3v) is 4.34. The van der Waals surface area contributed by atoms with Crippen molar-refractivity contribution in [3.05, 3.63) is 22.4 Å². The van der Waals surface area contributed by atoms with Gasteiger partial charge in [-0.25, -0.2) is 0 Å². The van der Waals surface area contributed by atoms with Gasteiger partial charge in [-0.3, -0.25) is 0 Å². The highest BCUT2D eigenvalue weighted by Gasteiger charge is 2.24. The molecule has 1 saturated carbocycles. The standard InChI is InChI=1S/C14H23NS/c1-2-9-15-14(13-8-10-16-11-13)12-6-4-3-5-7-12/h8,10-12,14-15H,2-7,9H2,1H3. The van der Waals surface area contributed by atoms with Gasteiger partial charge in [-0.2, -0.15) is 11.3 Å². The van der Waals surface area contributed by atoms with E-state index in [-0.39, 0.29) is 0 Å². The van der Waals surface area contributed by atoms with Crippen molar-refractivity contribution in [2.45, 2.75) is 51.5 Å². The minimum atomic E-state index is 0.617. The van der Waals surface area contributed by atoms with Gasteiger partial charge >= 0.3 is 0 Å². The summed E-state index contributed by atoms with van der Waals surface area (Å²) < 4.78 is 0. The molecule has 2 heteroatoms. The van der Waals surface area contributed by atoms with Gasteiger partial charge in [0.25, 0.3) is 0 Å². The van der Waals surface area contributed by atoms with E-state index >= 15 is 0 Å². The van der Waals surface area contributed by atoms with Gasteiger partial charge < -0.3 is 5.32 Å². The lowest BCUT2D eigenvalue weighted by Gasteiger charge is -2.30. The first kappa shape index (κ1) is 12.1. The average molecular weight is 237 g/mol. The molecule has 0 spiro atoms. The molecule has 1 nitrogen and oxygen atoms in total. The van der Waals surface area contributed by atoms with Gasteiger partial charge in [0.15, 0.2) is 0 Å². The molecule has 1 aromatic heterocycles. The van der Waals surface area contributed by atoms with Crippen LogP contribution in [0.1, 0.15) is 57.1 Å². The highest BCUT2D eigenvalue weighted by Crippen LogP contribution is 2.35. The summed E-state index contributed by atoms with van der Waals surface area (Å²) in [5.41, 5.74) is 1.52. The number of rotatable bonds is 5. The van der Waals surface area contributed by atoms with Crippen LogP contribution < -0.4 is 5.32 Å². The van der Waals surface area contributed by atoms with Crippen LogP contribution in [0.3, 0.4) is 0 Å². The lowest BCUT2D eigenvalue weighted by atomic mass is 9.82. The summed E-state index contributed by atoms with van der Waals surface area (Å²) in [4.78, 5) is 0. The Balaban J connectivity index is 2.01. The van der Waals surface area contributed by atoms with Gasteiger partial charge in [-0.05, 0) is 54.1 Å². The maximum Gasteiger partial charge on any atom is 0.0356 e. The van der Waals surface area contributed by atoms with Crippen LogP contribution >= 0.6 is 11.3 Å². The number of hydrogen-bond acceptors (Lipinski definition) is 2. The topological polar surface area (TPSA) is 12.0 Å². The Bertz CT molecular complexity index is 275. The molecule has 0 amide bonds. The summed E-state index contributed by atoms with van der Waals surface area (Å²) in [6.07, 6.45) is 8.36. The van der Waals surface area contributed by atoms with Gasteiger partial charge in [0.2, 0.25) is 0 Å². The normalized spacial score (nSPS) is 19.8. The van der Waals surface area contributed by atoms with Crippen molar-refractivity contribution in [2.75, 3.05) is 6.54 Å². The third kappa shape index (κ3) is 3.08. The molecule has 0 aliphatic heterocycles. The van der Waals surface area contributed by atoms with Crippen molar-refractivity contribution >= 4 is 11.3 Å². The summed E-state index contributed by atoms with van der Waals surface area (Å²) in [6, 6.07) is 2.92. The zero-order valence-corrected chi connectivity index (χ0v) is 11.1. The number of hydrogen-bond donors (Lipinski definition) is 1. The first-order valence-electron chi connectivity index (χ1n) is 6.67. The first-order chi connectivity index (χ1) is 7.92. The van der Waals surface area contributed by atoms with Crippen LogP contribution in [-0.2, 0) is 0 Å². The van der Waals surface area contributed by atoms with Gasteiger partial charge in [0.05, 0.1) is 0 Å². The predicted molar refractivity (Wildman–Crippen MR) is 71.9 cm³/mol. The molecule has 1 N–H and O–H groups in total. The van der Waals surface area contributed by atoms with Crippen molar-refractivity contribution < 1.29 is 0 Å². The number of nitrogens with one attached hydrogen (secondary N) is 1. The summed E-state index contributed by atoms with van der Waals surface area (Å²) in [5, 5.41) is 8.28. The molecule has 1 aliphatic carbocycles. The van der Waals surface area contributed by atoms with Gasteiger partial charge in [0.1, 0.15) is 0 Å². The predicted octanol–water partition coefficient (Wildman–Crippen LogP) is 4.37. The van der Waals surface area contributed by atoms with E-state index in [1.807, 2.05) is 11.3 Å². The second kappa shape index (κ2) is 6.41. The van der Waals surface area contributed by atoms with Gasteiger partial charge in [-0.1, -0.05) is 26.2 Å². The third-order valence-electron chi connectivity index (χ3n) is 3.64. The van der Waals surface area contributed by atoms with Crippen molar-refractivity contribution in [1.29, 1.82) is 0 Å². The molecule has 2 rings (SSSR count). The van der Waals surface area contributed by atoms with Crippen LogP contribution in [-0.4, -0.2) is 6.54 Å². The van der Waals surface area contributed by atoms with E-state index in [0.717, 1.165) is 12.5 Å². The van der Waals surface area contributed by atoms with Crippen LogP contribution in [0.5, 0.6) is 0 Å². The van der Waals surface area contributed by atoms with Crippen molar-refractivity contribution in [1.82, 2.24) is 5.32 Å². The molecule has 1 heterocycles. The molecule has 0 radical (unpaired) electrons. The summed E-state index contributed by atoms with van der Waals surface area (Å²) in [6.45, 7) is 3.40. The minimum absolute atomic E-state index is 0.617. The Kier molecular flexibility index (Phi) is 4.86. The molecule has 0 bridgehead atoms. The van der Waals surface area contributed by atoms with Crippen LogP contribution in [0.2, 0.25) is 0 Å². The Hall–Kier alpha value is -0.340. The Morgan fingerprint density at radius 3 is 2.81 bits per heavy atom. The molecule has 1 unspecified atom stereocenters. The maximum atomic E-state index is 3.75.